The van der Waals surface area contributed by atoms with Crippen molar-refractivity contribution in [3.63, 3.8) is 0 Å². The molecule has 2 aliphatic rings. The average Bonchev–Trinajstić information content (AvgIpc) is 2.75. The lowest BCUT2D eigenvalue weighted by Crippen LogP contribution is -2.34. The molecule has 1 fully saturated rings. The minimum absolute atomic E-state index is 0.0967. The summed E-state index contributed by atoms with van der Waals surface area (Å²) in [5.41, 5.74) is 0.0967. The smallest absolute Gasteiger partial charge is 0.301 e. The second kappa shape index (κ2) is 3.27. The molecule has 0 bridgehead atoms. The van der Waals surface area contributed by atoms with E-state index >= 15 is 0 Å². The molecule has 3 heterocycles. The lowest BCUT2D eigenvalue weighted by Gasteiger charge is -2.14. The molecule has 0 aliphatic carbocycles. The molecule has 1 aromatic rings. The zero-order chi connectivity index (χ0) is 11.3. The van der Waals surface area contributed by atoms with Crippen LogP contribution in [0.2, 0.25) is 0 Å². The molecule has 1 aromatic heterocycles. The lowest BCUT2D eigenvalue weighted by molar-refractivity contribution is -0.0434. The normalized spacial score (nSPS) is 35.6. The van der Waals surface area contributed by atoms with E-state index in [2.05, 4.69) is 4.98 Å². The molecule has 3 N–H and O–H groups in total. The van der Waals surface area contributed by atoms with Crippen molar-refractivity contribution in [2.75, 3.05) is 6.61 Å². The predicted molar refractivity (Wildman–Crippen MR) is 49.5 cm³/mol. The lowest BCUT2D eigenvalue weighted by atomic mass is 10.1. The minimum Gasteiger partial charge on any atom is -0.454 e. The molecular formula is C9H11N3O4. The highest BCUT2D eigenvalue weighted by Gasteiger charge is 2.50. The van der Waals surface area contributed by atoms with Crippen molar-refractivity contribution in [3.8, 4) is 6.01 Å². The van der Waals surface area contributed by atoms with Crippen LogP contribution in [0.5, 0.6) is 6.01 Å². The number of aliphatic hydroxyl groups is 2. The van der Waals surface area contributed by atoms with Gasteiger partial charge in [0.15, 0.2) is 17.8 Å². The number of ether oxygens (including phenoxy) is 2. The molecule has 0 radical (unpaired) electrons. The van der Waals surface area contributed by atoms with Crippen LogP contribution in [0.1, 0.15) is 6.23 Å². The molecule has 0 amide bonds. The van der Waals surface area contributed by atoms with Gasteiger partial charge in [0.1, 0.15) is 12.2 Å². The molecule has 1 saturated heterocycles. The molecule has 0 saturated carbocycles. The van der Waals surface area contributed by atoms with Gasteiger partial charge in [0, 0.05) is 6.20 Å². The Balaban J connectivity index is 1.99. The maximum atomic E-state index is 9.80. The number of aromatic nitrogens is 2. The van der Waals surface area contributed by atoms with Crippen molar-refractivity contribution in [1.29, 1.82) is 5.41 Å². The van der Waals surface area contributed by atoms with Crippen LogP contribution in [0.3, 0.4) is 0 Å². The number of rotatable bonds is 1. The summed E-state index contributed by atoms with van der Waals surface area (Å²) in [5, 5.41) is 26.1. The summed E-state index contributed by atoms with van der Waals surface area (Å²) in [6, 6.07) is 1.77. The van der Waals surface area contributed by atoms with E-state index in [1.54, 1.807) is 10.8 Å². The van der Waals surface area contributed by atoms with Crippen molar-refractivity contribution in [2.24, 2.45) is 0 Å². The van der Waals surface area contributed by atoms with Gasteiger partial charge in [-0.1, -0.05) is 0 Å². The Bertz CT molecular complexity index is 474. The van der Waals surface area contributed by atoms with Crippen LogP contribution < -0.4 is 10.2 Å². The number of hydrogen-bond acceptors (Lipinski definition) is 6. The first-order valence-electron chi connectivity index (χ1n) is 4.95. The third-order valence-electron chi connectivity index (χ3n) is 2.84. The highest BCUT2D eigenvalue weighted by molar-refractivity contribution is 5.10. The van der Waals surface area contributed by atoms with Crippen LogP contribution in [0.15, 0.2) is 12.3 Å². The first kappa shape index (κ1) is 9.76. The number of fused-ring (bicyclic) bond motifs is 3. The Hall–Kier alpha value is -1.44. The summed E-state index contributed by atoms with van der Waals surface area (Å²) in [6.07, 6.45) is -0.930. The van der Waals surface area contributed by atoms with Gasteiger partial charge < -0.3 is 19.7 Å². The first-order chi connectivity index (χ1) is 7.70. The third-order valence-corrected chi connectivity index (χ3v) is 2.84. The van der Waals surface area contributed by atoms with E-state index in [1.807, 2.05) is 0 Å². The highest BCUT2D eigenvalue weighted by atomic mass is 16.6. The molecule has 3 unspecified atom stereocenters. The molecule has 7 heteroatoms. The topological polar surface area (TPSA) is 101 Å². The van der Waals surface area contributed by atoms with Gasteiger partial charge in [-0.25, -0.2) is 0 Å². The van der Waals surface area contributed by atoms with Crippen molar-refractivity contribution in [2.45, 2.75) is 24.5 Å². The van der Waals surface area contributed by atoms with E-state index in [0.29, 0.717) is 0 Å². The van der Waals surface area contributed by atoms with E-state index in [0.717, 1.165) is 0 Å². The Morgan fingerprint density at radius 1 is 1.56 bits per heavy atom. The van der Waals surface area contributed by atoms with Crippen LogP contribution >= 0.6 is 0 Å². The largest absolute Gasteiger partial charge is 0.454 e. The SMILES string of the molecule is N=c1ccn2c(n1)OC1C2OC(CO)[C@H]1O. The number of nitrogens with zero attached hydrogens (tertiary/aromatic N) is 2. The Morgan fingerprint density at radius 2 is 2.38 bits per heavy atom. The average molecular weight is 225 g/mol. The molecule has 16 heavy (non-hydrogen) atoms. The minimum atomic E-state index is -0.883. The Kier molecular flexibility index (Phi) is 2.00. The summed E-state index contributed by atoms with van der Waals surface area (Å²) in [7, 11) is 0. The second-order valence-electron chi connectivity index (χ2n) is 3.82. The van der Waals surface area contributed by atoms with E-state index in [-0.39, 0.29) is 18.1 Å². The van der Waals surface area contributed by atoms with Gasteiger partial charge in [-0.3, -0.25) is 9.98 Å². The molecule has 86 valence electrons. The molecule has 0 aromatic carbocycles. The monoisotopic (exact) mass is 225 g/mol. The van der Waals surface area contributed by atoms with Crippen molar-refractivity contribution < 1.29 is 19.7 Å². The fourth-order valence-electron chi connectivity index (χ4n) is 2.04. The zero-order valence-corrected chi connectivity index (χ0v) is 8.28. The summed E-state index contributed by atoms with van der Waals surface area (Å²) in [4.78, 5) is 3.88. The van der Waals surface area contributed by atoms with Gasteiger partial charge in [-0.05, 0) is 6.07 Å². The number of nitrogens with one attached hydrogen (secondary N) is 1. The molecule has 3 rings (SSSR count). The van der Waals surface area contributed by atoms with Gasteiger partial charge in [0.2, 0.25) is 0 Å². The van der Waals surface area contributed by atoms with Gasteiger partial charge in [-0.2, -0.15) is 4.98 Å². The second-order valence-corrected chi connectivity index (χ2v) is 3.82. The zero-order valence-electron chi connectivity index (χ0n) is 8.28. The maximum Gasteiger partial charge on any atom is 0.301 e. The summed E-state index contributed by atoms with van der Waals surface area (Å²) >= 11 is 0. The number of aliphatic hydroxyl groups excluding tert-OH is 2. The third kappa shape index (κ3) is 1.19. The van der Waals surface area contributed by atoms with Gasteiger partial charge in [-0.15, -0.1) is 0 Å². The molecule has 2 aliphatic heterocycles. The highest BCUT2D eigenvalue weighted by Crippen LogP contribution is 2.38. The molecule has 0 spiro atoms. The van der Waals surface area contributed by atoms with Crippen LogP contribution in [0.4, 0.5) is 0 Å². The predicted octanol–water partition coefficient (Wildman–Crippen LogP) is -1.63. The van der Waals surface area contributed by atoms with Crippen LogP contribution in [-0.4, -0.2) is 44.7 Å². The fraction of sp³-hybridized carbons (Fsp3) is 0.556. The Labute approximate surface area is 90.4 Å². The molecule has 4 atom stereocenters. The first-order valence-corrected chi connectivity index (χ1v) is 4.95. The summed E-state index contributed by atoms with van der Waals surface area (Å²) < 4.78 is 12.5. The van der Waals surface area contributed by atoms with Crippen LogP contribution in [0, 0.1) is 5.41 Å². The quantitative estimate of drug-likeness (QED) is 0.533. The van der Waals surface area contributed by atoms with Crippen molar-refractivity contribution in [1.82, 2.24) is 9.55 Å². The van der Waals surface area contributed by atoms with Crippen LogP contribution in [0.25, 0.3) is 0 Å². The maximum absolute atomic E-state index is 9.80. The van der Waals surface area contributed by atoms with Crippen molar-refractivity contribution in [3.05, 3.63) is 17.8 Å². The van der Waals surface area contributed by atoms with E-state index in [9.17, 15) is 5.11 Å². The number of hydrogen-bond donors (Lipinski definition) is 3. The standard InChI is InChI=1S/C9H11N3O4/c10-5-1-2-12-8-7(16-9(12)11-5)6(14)4(3-13)15-8/h1-2,4,6-8,10,13-14H,3H2/t4?,6-,7?,8?/m1/s1. The van der Waals surface area contributed by atoms with Gasteiger partial charge >= 0.3 is 6.01 Å². The van der Waals surface area contributed by atoms with E-state index in [1.165, 1.54) is 6.07 Å². The summed E-state index contributed by atoms with van der Waals surface area (Å²) in [6.45, 7) is -0.253. The summed E-state index contributed by atoms with van der Waals surface area (Å²) in [5.74, 6) is 0. The van der Waals surface area contributed by atoms with Crippen LogP contribution in [-0.2, 0) is 4.74 Å². The van der Waals surface area contributed by atoms with Crippen molar-refractivity contribution >= 4 is 0 Å². The van der Waals surface area contributed by atoms with Gasteiger partial charge in [0.25, 0.3) is 0 Å². The van der Waals surface area contributed by atoms with Gasteiger partial charge in [0.05, 0.1) is 6.61 Å². The molecule has 7 nitrogen and oxygen atoms in total. The van der Waals surface area contributed by atoms with E-state index in [4.69, 9.17) is 20.0 Å². The van der Waals surface area contributed by atoms with E-state index < -0.39 is 24.5 Å². The Morgan fingerprint density at radius 3 is 3.12 bits per heavy atom. The molecular weight excluding hydrogens is 214 g/mol. The fourth-order valence-corrected chi connectivity index (χ4v) is 2.04.